The van der Waals surface area contributed by atoms with E-state index in [2.05, 4.69) is 77.6 Å². The van der Waals surface area contributed by atoms with E-state index in [1.807, 2.05) is 26.8 Å². The van der Waals surface area contributed by atoms with Crippen molar-refractivity contribution >= 4 is 17.3 Å². The van der Waals surface area contributed by atoms with Crippen LogP contribution in [0.5, 0.6) is 0 Å². The Morgan fingerprint density at radius 1 is 1.05 bits per heavy atom. The molecule has 3 rings (SSSR count). The summed E-state index contributed by atoms with van der Waals surface area (Å²) in [5, 5.41) is 0.789. The number of allylic oxidation sites excluding steroid dienone is 3. The average molecular weight is 608 g/mol. The van der Waals surface area contributed by atoms with Crippen molar-refractivity contribution in [2.45, 2.75) is 145 Å². The Kier molecular flexibility index (Phi) is 19.2. The molecule has 240 valence electrons. The highest BCUT2D eigenvalue weighted by atomic mass is 35.5. The molecule has 2 atom stereocenters. The van der Waals surface area contributed by atoms with Crippen LogP contribution in [-0.2, 0) is 6.54 Å². The highest BCUT2D eigenvalue weighted by Gasteiger charge is 2.21. The predicted molar refractivity (Wildman–Crippen MR) is 194 cm³/mol. The molecule has 3 nitrogen and oxygen atoms in total. The number of aliphatic imine (C=N–C) groups is 1. The Morgan fingerprint density at radius 2 is 1.67 bits per heavy atom. The largest absolute Gasteiger partial charge is 0.334 e. The van der Waals surface area contributed by atoms with Crippen LogP contribution in [0, 0.1) is 12.8 Å². The van der Waals surface area contributed by atoms with E-state index in [1.54, 1.807) is 6.20 Å². The molecule has 0 aliphatic heterocycles. The third-order valence-electron chi connectivity index (χ3n) is 8.23. The summed E-state index contributed by atoms with van der Waals surface area (Å²) < 4.78 is 2.37. The van der Waals surface area contributed by atoms with Crippen molar-refractivity contribution in [2.24, 2.45) is 10.9 Å². The molecule has 0 amide bonds. The molecule has 0 radical (unpaired) electrons. The van der Waals surface area contributed by atoms with Gasteiger partial charge in [0, 0.05) is 47.1 Å². The Labute approximate surface area is 270 Å². The van der Waals surface area contributed by atoms with Gasteiger partial charge in [0.25, 0.3) is 0 Å². The lowest BCUT2D eigenvalue weighted by Crippen LogP contribution is -2.15. The van der Waals surface area contributed by atoms with E-state index < -0.39 is 0 Å². The third-order valence-corrected chi connectivity index (χ3v) is 8.63. The Bertz CT molecular complexity index is 1170. The summed E-state index contributed by atoms with van der Waals surface area (Å²) in [6, 6.07) is 6.24. The minimum absolute atomic E-state index is 0.285. The van der Waals surface area contributed by atoms with E-state index in [9.17, 15) is 0 Å². The molecular weight excluding hydrogens is 546 g/mol. The van der Waals surface area contributed by atoms with Gasteiger partial charge in [-0.3, -0.25) is 4.99 Å². The number of nitrogens with zero attached hydrogens (tertiary/aromatic N) is 3. The molecule has 2 unspecified atom stereocenters. The van der Waals surface area contributed by atoms with Crippen molar-refractivity contribution in [3.63, 3.8) is 0 Å². The molecule has 43 heavy (non-hydrogen) atoms. The summed E-state index contributed by atoms with van der Waals surface area (Å²) in [6.07, 6.45) is 17.8. The van der Waals surface area contributed by atoms with Gasteiger partial charge in [-0.2, -0.15) is 0 Å². The van der Waals surface area contributed by atoms with Crippen LogP contribution in [0.2, 0.25) is 5.02 Å². The van der Waals surface area contributed by atoms with Crippen LogP contribution in [-0.4, -0.2) is 15.3 Å². The van der Waals surface area contributed by atoms with Gasteiger partial charge in [-0.15, -0.1) is 0 Å². The monoisotopic (exact) mass is 607 g/mol. The van der Waals surface area contributed by atoms with Gasteiger partial charge in [0.15, 0.2) is 0 Å². The molecule has 1 aliphatic rings. The van der Waals surface area contributed by atoms with Crippen LogP contribution in [0.4, 0.5) is 0 Å². The molecule has 0 bridgehead atoms. The summed E-state index contributed by atoms with van der Waals surface area (Å²) >= 11 is 6.43. The van der Waals surface area contributed by atoms with Gasteiger partial charge in [0.05, 0.1) is 5.69 Å². The molecule has 0 saturated heterocycles. The summed E-state index contributed by atoms with van der Waals surface area (Å²) in [4.78, 5) is 9.89. The van der Waals surface area contributed by atoms with Crippen LogP contribution < -0.4 is 0 Å². The SMILES string of the molecule is C1CCCC1.C=CN=C(CCCC(CCC)c1nc(-c2ccc(C)c(Cl)c2)cn1CCC)C(=C(C)C)C(C)C(=C)C.CC. The average Bonchev–Trinajstić information content (AvgIpc) is 3.69. The van der Waals surface area contributed by atoms with Crippen LogP contribution in [0.25, 0.3) is 11.3 Å². The summed E-state index contributed by atoms with van der Waals surface area (Å²) in [7, 11) is 0. The first kappa shape index (κ1) is 38.6. The molecule has 1 aromatic heterocycles. The quantitative estimate of drug-likeness (QED) is 0.155. The van der Waals surface area contributed by atoms with Crippen LogP contribution in [0.15, 0.2) is 65.5 Å². The molecule has 2 aromatic rings. The number of halogens is 1. The molecule has 1 heterocycles. The van der Waals surface area contributed by atoms with E-state index in [4.69, 9.17) is 21.6 Å². The van der Waals surface area contributed by atoms with E-state index in [0.717, 1.165) is 78.2 Å². The number of hydrogen-bond acceptors (Lipinski definition) is 2. The Hall–Kier alpha value is -2.39. The predicted octanol–water partition coefficient (Wildman–Crippen LogP) is 13.1. The topological polar surface area (TPSA) is 30.2 Å². The zero-order chi connectivity index (χ0) is 32.4. The maximum absolute atomic E-state index is 6.43. The summed E-state index contributed by atoms with van der Waals surface area (Å²) in [5.74, 6) is 1.90. The van der Waals surface area contributed by atoms with E-state index >= 15 is 0 Å². The number of aryl methyl sites for hydroxylation is 2. The van der Waals surface area contributed by atoms with Gasteiger partial charge in [-0.1, -0.05) is 121 Å². The van der Waals surface area contributed by atoms with Crippen molar-refractivity contribution in [1.82, 2.24) is 9.55 Å². The second kappa shape index (κ2) is 21.3. The fourth-order valence-corrected chi connectivity index (χ4v) is 6.00. The number of imidazole rings is 1. The van der Waals surface area contributed by atoms with E-state index in [-0.39, 0.29) is 5.92 Å². The normalized spacial score (nSPS) is 14.1. The Balaban J connectivity index is 0.00000117. The van der Waals surface area contributed by atoms with Gasteiger partial charge < -0.3 is 4.57 Å². The van der Waals surface area contributed by atoms with Crippen molar-refractivity contribution in [3.8, 4) is 11.3 Å². The number of hydrogen-bond donors (Lipinski definition) is 0. The molecule has 1 fully saturated rings. The number of rotatable bonds is 14. The highest BCUT2D eigenvalue weighted by Crippen LogP contribution is 2.32. The maximum Gasteiger partial charge on any atom is 0.112 e. The van der Waals surface area contributed by atoms with E-state index in [1.165, 1.54) is 49.1 Å². The summed E-state index contributed by atoms with van der Waals surface area (Å²) in [5.41, 5.74) is 8.10. The zero-order valence-electron chi connectivity index (χ0n) is 29.2. The minimum atomic E-state index is 0.285. The molecule has 0 spiro atoms. The second-order valence-electron chi connectivity index (χ2n) is 12.0. The second-order valence-corrected chi connectivity index (χ2v) is 12.4. The van der Waals surface area contributed by atoms with Crippen LogP contribution >= 0.6 is 11.6 Å². The van der Waals surface area contributed by atoms with Crippen molar-refractivity contribution < 1.29 is 0 Å². The molecule has 4 heteroatoms. The third kappa shape index (κ3) is 12.6. The van der Waals surface area contributed by atoms with Gasteiger partial charge in [0.1, 0.15) is 5.82 Å². The van der Waals surface area contributed by atoms with E-state index in [0.29, 0.717) is 5.92 Å². The van der Waals surface area contributed by atoms with Crippen molar-refractivity contribution in [3.05, 3.63) is 76.9 Å². The zero-order valence-corrected chi connectivity index (χ0v) is 29.9. The lowest BCUT2D eigenvalue weighted by Gasteiger charge is -2.22. The lowest BCUT2D eigenvalue weighted by atomic mass is 9.85. The maximum atomic E-state index is 6.43. The van der Waals surface area contributed by atoms with Gasteiger partial charge in [-0.25, -0.2) is 4.98 Å². The van der Waals surface area contributed by atoms with Crippen molar-refractivity contribution in [2.75, 3.05) is 0 Å². The van der Waals surface area contributed by atoms with Crippen molar-refractivity contribution in [1.29, 1.82) is 0 Å². The molecular formula is C39H62ClN3. The standard InChI is InChI=1S/C32H46ClN3.C5H10.C2H6/c1-10-14-26(15-13-16-29(34-12-3)31(23(6)7)25(9)22(4)5)32-35-30(21-36(32)19-11-2)27-18-17-24(8)28(33)20-27;1-2-4-5-3-1;1-2/h12,17-18,20-21,25-26H,3-4,10-11,13-16,19H2,1-2,5-9H3;1-5H2;1-2H3. The fraction of sp³-hybridized carbons (Fsp3) is 0.590. The molecule has 0 N–H and O–H groups in total. The molecule has 1 saturated carbocycles. The van der Waals surface area contributed by atoms with Gasteiger partial charge in [0.2, 0.25) is 0 Å². The first-order valence-electron chi connectivity index (χ1n) is 17.0. The minimum Gasteiger partial charge on any atom is -0.334 e. The lowest BCUT2D eigenvalue weighted by molar-refractivity contribution is 0.494. The van der Waals surface area contributed by atoms with Crippen LogP contribution in [0.1, 0.15) is 143 Å². The van der Waals surface area contributed by atoms with Gasteiger partial charge >= 0.3 is 0 Å². The summed E-state index contributed by atoms with van der Waals surface area (Å²) in [6.45, 7) is 28.3. The fourth-order valence-electron chi connectivity index (χ4n) is 5.81. The number of benzene rings is 1. The number of aromatic nitrogens is 2. The van der Waals surface area contributed by atoms with Gasteiger partial charge in [-0.05, 0) is 77.0 Å². The Morgan fingerprint density at radius 3 is 2.16 bits per heavy atom. The first-order valence-corrected chi connectivity index (χ1v) is 17.4. The smallest absolute Gasteiger partial charge is 0.112 e. The first-order chi connectivity index (χ1) is 20.6. The van der Waals surface area contributed by atoms with Crippen LogP contribution in [0.3, 0.4) is 0 Å². The highest BCUT2D eigenvalue weighted by molar-refractivity contribution is 6.31. The molecule has 1 aromatic carbocycles. The molecule has 1 aliphatic carbocycles.